The standard InChI is InChI=1S/C11H11NO2S/c1-8-2-4-10(5-3-8)15(13,14)11-6-9(11)7-12/h2-5,9,11H,6H2,1H3/t9-,11?/m0/s1. The summed E-state index contributed by atoms with van der Waals surface area (Å²) in [6.07, 6.45) is 0.479. The number of benzene rings is 1. The molecule has 1 unspecified atom stereocenters. The van der Waals surface area contributed by atoms with Crippen LogP contribution in [0, 0.1) is 24.2 Å². The first-order valence-corrected chi connectivity index (χ1v) is 6.30. The molecule has 0 amide bonds. The molecule has 0 heterocycles. The molecule has 1 aromatic carbocycles. The largest absolute Gasteiger partial charge is 0.223 e. The lowest BCUT2D eigenvalue weighted by Crippen LogP contribution is -2.09. The number of hydrogen-bond acceptors (Lipinski definition) is 3. The van der Waals surface area contributed by atoms with Crippen molar-refractivity contribution in [2.24, 2.45) is 5.92 Å². The molecule has 0 aliphatic heterocycles. The molecule has 1 aliphatic rings. The van der Waals surface area contributed by atoms with Gasteiger partial charge in [0.2, 0.25) is 0 Å². The second-order valence-electron chi connectivity index (χ2n) is 3.87. The molecule has 1 saturated carbocycles. The van der Waals surface area contributed by atoms with E-state index in [4.69, 9.17) is 5.26 Å². The fraction of sp³-hybridized carbons (Fsp3) is 0.364. The van der Waals surface area contributed by atoms with Crippen molar-refractivity contribution < 1.29 is 8.42 Å². The van der Waals surface area contributed by atoms with Crippen LogP contribution in [0.5, 0.6) is 0 Å². The summed E-state index contributed by atoms with van der Waals surface area (Å²) in [6, 6.07) is 8.76. The Balaban J connectivity index is 2.32. The summed E-state index contributed by atoms with van der Waals surface area (Å²) in [5.41, 5.74) is 1.03. The van der Waals surface area contributed by atoms with Gasteiger partial charge < -0.3 is 0 Å². The number of sulfone groups is 1. The predicted octanol–water partition coefficient (Wildman–Crippen LogP) is 1.68. The van der Waals surface area contributed by atoms with Crippen LogP contribution in [0.4, 0.5) is 0 Å². The van der Waals surface area contributed by atoms with Crippen LogP contribution in [0.3, 0.4) is 0 Å². The van der Waals surface area contributed by atoms with Gasteiger partial charge in [0.15, 0.2) is 9.84 Å². The van der Waals surface area contributed by atoms with Gasteiger partial charge in [-0.15, -0.1) is 0 Å². The molecule has 0 radical (unpaired) electrons. The van der Waals surface area contributed by atoms with Crippen molar-refractivity contribution in [3.63, 3.8) is 0 Å². The van der Waals surface area contributed by atoms with E-state index in [0.29, 0.717) is 11.3 Å². The Morgan fingerprint density at radius 1 is 1.33 bits per heavy atom. The summed E-state index contributed by atoms with van der Waals surface area (Å²) in [7, 11) is -3.27. The van der Waals surface area contributed by atoms with Gasteiger partial charge in [0.1, 0.15) is 0 Å². The molecule has 2 atom stereocenters. The van der Waals surface area contributed by atoms with Crippen LogP contribution in [-0.4, -0.2) is 13.7 Å². The smallest absolute Gasteiger partial charge is 0.182 e. The van der Waals surface area contributed by atoms with E-state index in [2.05, 4.69) is 0 Å². The second kappa shape index (κ2) is 3.35. The molecule has 15 heavy (non-hydrogen) atoms. The molecule has 0 saturated heterocycles. The summed E-state index contributed by atoms with van der Waals surface area (Å²) in [5.74, 6) is -0.309. The zero-order valence-electron chi connectivity index (χ0n) is 8.34. The molecule has 1 aliphatic carbocycles. The number of nitrogens with zero attached hydrogens (tertiary/aromatic N) is 1. The van der Waals surface area contributed by atoms with E-state index in [-0.39, 0.29) is 5.92 Å². The zero-order chi connectivity index (χ0) is 11.1. The highest BCUT2D eigenvalue weighted by Crippen LogP contribution is 2.39. The molecule has 1 aromatic rings. The van der Waals surface area contributed by atoms with Crippen LogP contribution < -0.4 is 0 Å². The molecular weight excluding hydrogens is 210 g/mol. The number of hydrogen-bond donors (Lipinski definition) is 0. The van der Waals surface area contributed by atoms with Crippen molar-refractivity contribution in [3.8, 4) is 6.07 Å². The molecule has 2 rings (SSSR count). The van der Waals surface area contributed by atoms with E-state index in [1.165, 1.54) is 0 Å². The SMILES string of the molecule is Cc1ccc(S(=O)(=O)C2C[C@H]2C#N)cc1. The summed E-state index contributed by atoms with van der Waals surface area (Å²) in [4.78, 5) is 0.329. The van der Waals surface area contributed by atoms with Gasteiger partial charge in [-0.1, -0.05) is 17.7 Å². The Labute approximate surface area is 89.3 Å². The summed E-state index contributed by atoms with van der Waals surface area (Å²) >= 11 is 0. The molecule has 4 heteroatoms. The third-order valence-electron chi connectivity index (χ3n) is 2.65. The molecule has 1 fully saturated rings. The van der Waals surface area contributed by atoms with Crippen LogP contribution in [-0.2, 0) is 9.84 Å². The highest BCUT2D eigenvalue weighted by atomic mass is 32.2. The Kier molecular flexibility index (Phi) is 2.28. The molecule has 0 N–H and O–H groups in total. The minimum Gasteiger partial charge on any atom is -0.223 e. The quantitative estimate of drug-likeness (QED) is 0.763. The average Bonchev–Trinajstić information content (AvgIpc) is 2.98. The van der Waals surface area contributed by atoms with Crippen LogP contribution in [0.1, 0.15) is 12.0 Å². The lowest BCUT2D eigenvalue weighted by molar-refractivity contribution is 0.593. The Morgan fingerprint density at radius 3 is 2.40 bits per heavy atom. The topological polar surface area (TPSA) is 57.9 Å². The van der Waals surface area contributed by atoms with Gasteiger partial charge in [-0.25, -0.2) is 8.42 Å². The van der Waals surface area contributed by atoms with Gasteiger partial charge in [0, 0.05) is 0 Å². The lowest BCUT2D eigenvalue weighted by atomic mass is 10.2. The number of aryl methyl sites for hydroxylation is 1. The Hall–Kier alpha value is -1.34. The van der Waals surface area contributed by atoms with Crippen molar-refractivity contribution in [3.05, 3.63) is 29.8 Å². The molecule has 0 spiro atoms. The van der Waals surface area contributed by atoms with Crippen LogP contribution in [0.15, 0.2) is 29.2 Å². The monoisotopic (exact) mass is 221 g/mol. The Morgan fingerprint density at radius 2 is 1.93 bits per heavy atom. The normalized spacial score (nSPS) is 24.5. The summed E-state index contributed by atoms with van der Waals surface area (Å²) in [5, 5.41) is 8.14. The second-order valence-corrected chi connectivity index (χ2v) is 6.03. The number of nitriles is 1. The van der Waals surface area contributed by atoms with Gasteiger partial charge in [-0.3, -0.25) is 0 Å². The number of rotatable bonds is 2. The zero-order valence-corrected chi connectivity index (χ0v) is 9.16. The molecule has 3 nitrogen and oxygen atoms in total. The summed E-state index contributed by atoms with van der Waals surface area (Å²) < 4.78 is 23.8. The molecule has 78 valence electrons. The van der Waals surface area contributed by atoms with Crippen LogP contribution in [0.2, 0.25) is 0 Å². The van der Waals surface area contributed by atoms with Gasteiger partial charge in [-0.2, -0.15) is 5.26 Å². The van der Waals surface area contributed by atoms with E-state index >= 15 is 0 Å². The van der Waals surface area contributed by atoms with E-state index < -0.39 is 15.1 Å². The fourth-order valence-corrected chi connectivity index (χ4v) is 3.37. The van der Waals surface area contributed by atoms with Crippen molar-refractivity contribution in [2.75, 3.05) is 0 Å². The van der Waals surface area contributed by atoms with Gasteiger partial charge in [0.25, 0.3) is 0 Å². The lowest BCUT2D eigenvalue weighted by Gasteiger charge is -2.02. The maximum absolute atomic E-state index is 11.9. The molecular formula is C11H11NO2S. The third kappa shape index (κ3) is 1.75. The van der Waals surface area contributed by atoms with Crippen LogP contribution in [0.25, 0.3) is 0 Å². The van der Waals surface area contributed by atoms with E-state index in [9.17, 15) is 8.42 Å². The minimum atomic E-state index is -3.27. The molecule has 0 bridgehead atoms. The van der Waals surface area contributed by atoms with Crippen molar-refractivity contribution in [1.82, 2.24) is 0 Å². The first-order valence-electron chi connectivity index (χ1n) is 4.76. The van der Waals surface area contributed by atoms with Crippen molar-refractivity contribution in [2.45, 2.75) is 23.5 Å². The van der Waals surface area contributed by atoms with Crippen LogP contribution >= 0.6 is 0 Å². The highest BCUT2D eigenvalue weighted by Gasteiger charge is 2.48. The highest BCUT2D eigenvalue weighted by molar-refractivity contribution is 7.92. The average molecular weight is 221 g/mol. The maximum atomic E-state index is 11.9. The van der Waals surface area contributed by atoms with Crippen molar-refractivity contribution in [1.29, 1.82) is 5.26 Å². The summed E-state index contributed by atoms with van der Waals surface area (Å²) in [6.45, 7) is 1.91. The van der Waals surface area contributed by atoms with Gasteiger partial charge >= 0.3 is 0 Å². The molecule has 0 aromatic heterocycles. The Bertz CT molecular complexity index is 511. The first kappa shape index (κ1) is 10.2. The van der Waals surface area contributed by atoms with E-state index in [1.807, 2.05) is 13.0 Å². The fourth-order valence-electron chi connectivity index (χ4n) is 1.55. The van der Waals surface area contributed by atoms with Crippen molar-refractivity contribution >= 4 is 9.84 Å². The van der Waals surface area contributed by atoms with E-state index in [0.717, 1.165) is 5.56 Å². The van der Waals surface area contributed by atoms with Gasteiger partial charge in [-0.05, 0) is 25.5 Å². The maximum Gasteiger partial charge on any atom is 0.182 e. The minimum absolute atomic E-state index is 0.309. The van der Waals surface area contributed by atoms with Gasteiger partial charge in [0.05, 0.1) is 22.1 Å². The predicted molar refractivity (Wildman–Crippen MR) is 55.9 cm³/mol. The first-order chi connectivity index (χ1) is 7.05. The van der Waals surface area contributed by atoms with E-state index in [1.54, 1.807) is 24.3 Å². The third-order valence-corrected chi connectivity index (χ3v) is 4.89.